The Balaban J connectivity index is 2.38. The van der Waals surface area contributed by atoms with Crippen molar-refractivity contribution in [2.24, 2.45) is 5.41 Å². The van der Waals surface area contributed by atoms with Gasteiger partial charge in [-0.3, -0.25) is 0 Å². The maximum atomic E-state index is 3.62. The van der Waals surface area contributed by atoms with Crippen molar-refractivity contribution < 1.29 is 0 Å². The molecule has 1 heterocycles. The smallest absolute Gasteiger partial charge is 0.00875 e. The summed E-state index contributed by atoms with van der Waals surface area (Å²) in [5.41, 5.74) is 0.342. The van der Waals surface area contributed by atoms with Gasteiger partial charge in [-0.2, -0.15) is 0 Å². The van der Waals surface area contributed by atoms with Gasteiger partial charge in [0, 0.05) is 23.4 Å². The van der Waals surface area contributed by atoms with Crippen molar-refractivity contribution >= 4 is 11.3 Å². The molecule has 1 N–H and O–H groups in total. The van der Waals surface area contributed by atoms with Gasteiger partial charge >= 0.3 is 0 Å². The van der Waals surface area contributed by atoms with E-state index in [1.165, 1.54) is 4.88 Å². The van der Waals surface area contributed by atoms with Gasteiger partial charge in [-0.25, -0.2) is 0 Å². The zero-order valence-corrected chi connectivity index (χ0v) is 11.3. The fourth-order valence-corrected chi connectivity index (χ4v) is 2.12. The summed E-state index contributed by atoms with van der Waals surface area (Å²) in [4.78, 5) is 1.48. The highest BCUT2D eigenvalue weighted by molar-refractivity contribution is 7.10. The van der Waals surface area contributed by atoms with Gasteiger partial charge in [0.25, 0.3) is 0 Å². The maximum absolute atomic E-state index is 3.62. The van der Waals surface area contributed by atoms with Crippen LogP contribution in [0, 0.1) is 5.41 Å². The highest BCUT2D eigenvalue weighted by Gasteiger charge is 2.20. The van der Waals surface area contributed by atoms with Crippen molar-refractivity contribution in [2.75, 3.05) is 6.54 Å². The predicted molar refractivity (Wildman–Crippen MR) is 69.7 cm³/mol. The van der Waals surface area contributed by atoms with Crippen LogP contribution in [0.3, 0.4) is 0 Å². The van der Waals surface area contributed by atoms with Gasteiger partial charge in [-0.1, -0.05) is 33.8 Å². The molecule has 1 nitrogen and oxygen atoms in total. The summed E-state index contributed by atoms with van der Waals surface area (Å²) in [6.07, 6.45) is 0. The normalized spacial score (nSPS) is 16.3. The average molecular weight is 225 g/mol. The third kappa shape index (κ3) is 3.96. The van der Waals surface area contributed by atoms with Crippen LogP contribution in [0.15, 0.2) is 17.5 Å². The first kappa shape index (κ1) is 12.7. The molecule has 15 heavy (non-hydrogen) atoms. The maximum Gasteiger partial charge on any atom is 0.00875 e. The summed E-state index contributed by atoms with van der Waals surface area (Å²) in [6, 6.07) is 4.91. The van der Waals surface area contributed by atoms with Crippen LogP contribution in [0.1, 0.15) is 45.4 Å². The number of rotatable bonds is 4. The Hall–Kier alpha value is -0.340. The van der Waals surface area contributed by atoms with Crippen molar-refractivity contribution in [3.05, 3.63) is 22.4 Å². The minimum atomic E-state index is 0.342. The summed E-state index contributed by atoms with van der Waals surface area (Å²) in [6.45, 7) is 12.5. The molecule has 1 rings (SSSR count). The largest absolute Gasteiger partial charge is 0.313 e. The Morgan fingerprint density at radius 2 is 2.00 bits per heavy atom. The summed E-state index contributed by atoms with van der Waals surface area (Å²) in [5.74, 6) is 0.620. The number of nitrogens with one attached hydrogen (secondary N) is 1. The van der Waals surface area contributed by atoms with Crippen molar-refractivity contribution in [1.29, 1.82) is 0 Å². The lowest BCUT2D eigenvalue weighted by atomic mass is 9.88. The molecule has 0 aliphatic heterocycles. The fraction of sp³-hybridized carbons (Fsp3) is 0.692. The molecule has 86 valence electrons. The molecule has 0 amide bonds. The van der Waals surface area contributed by atoms with E-state index in [2.05, 4.69) is 57.4 Å². The van der Waals surface area contributed by atoms with Gasteiger partial charge in [-0.05, 0) is 23.8 Å². The summed E-state index contributed by atoms with van der Waals surface area (Å²) in [7, 11) is 0. The highest BCUT2D eigenvalue weighted by Crippen LogP contribution is 2.22. The Kier molecular flexibility index (Phi) is 4.35. The molecule has 2 unspecified atom stereocenters. The average Bonchev–Trinajstić information content (AvgIpc) is 2.64. The highest BCUT2D eigenvalue weighted by atomic mass is 32.1. The first-order valence-corrected chi connectivity index (χ1v) is 6.56. The first-order chi connectivity index (χ1) is 6.91. The summed E-state index contributed by atoms with van der Waals surface area (Å²) in [5, 5.41) is 5.77. The Morgan fingerprint density at radius 1 is 1.33 bits per heavy atom. The van der Waals surface area contributed by atoms with Gasteiger partial charge in [0.15, 0.2) is 0 Å². The van der Waals surface area contributed by atoms with Gasteiger partial charge in [0.1, 0.15) is 0 Å². The predicted octanol–water partition coefficient (Wildman–Crippen LogP) is 3.88. The van der Waals surface area contributed by atoms with E-state index in [-0.39, 0.29) is 0 Å². The lowest BCUT2D eigenvalue weighted by molar-refractivity contribution is 0.284. The summed E-state index contributed by atoms with van der Waals surface area (Å²) >= 11 is 1.85. The minimum Gasteiger partial charge on any atom is -0.313 e. The van der Waals surface area contributed by atoms with Crippen molar-refractivity contribution in [2.45, 2.75) is 46.6 Å². The van der Waals surface area contributed by atoms with Gasteiger partial charge in [-0.15, -0.1) is 11.3 Å². The molecule has 0 aliphatic rings. The standard InChI is InChI=1S/C13H23NS/c1-10(12-7-6-8-15-12)9-14-11(2)13(3,4)5/h6-8,10-11,14H,9H2,1-5H3. The van der Waals surface area contributed by atoms with Crippen LogP contribution < -0.4 is 5.32 Å². The van der Waals surface area contributed by atoms with Crippen LogP contribution >= 0.6 is 11.3 Å². The summed E-state index contributed by atoms with van der Waals surface area (Å²) < 4.78 is 0. The lowest BCUT2D eigenvalue weighted by Gasteiger charge is -2.29. The van der Waals surface area contributed by atoms with E-state index in [4.69, 9.17) is 0 Å². The molecule has 2 atom stereocenters. The quantitative estimate of drug-likeness (QED) is 0.820. The SMILES string of the molecule is CC(CNC(C)C(C)(C)C)c1cccs1. The fourth-order valence-electron chi connectivity index (χ4n) is 1.33. The third-order valence-corrected chi connectivity index (χ3v) is 4.16. The van der Waals surface area contributed by atoms with Crippen LogP contribution in [0.25, 0.3) is 0 Å². The molecule has 1 aromatic rings. The molecular formula is C13H23NS. The van der Waals surface area contributed by atoms with E-state index < -0.39 is 0 Å². The Bertz CT molecular complexity index is 271. The second-order valence-corrected chi connectivity index (χ2v) is 6.39. The molecule has 1 aromatic heterocycles. The van der Waals surface area contributed by atoms with E-state index in [1.54, 1.807) is 0 Å². The molecule has 0 fully saturated rings. The van der Waals surface area contributed by atoms with Crippen molar-refractivity contribution in [1.82, 2.24) is 5.32 Å². The number of thiophene rings is 1. The second-order valence-electron chi connectivity index (χ2n) is 5.41. The molecule has 0 aromatic carbocycles. The molecule has 0 aliphatic carbocycles. The Morgan fingerprint density at radius 3 is 2.47 bits per heavy atom. The zero-order chi connectivity index (χ0) is 11.5. The van der Waals surface area contributed by atoms with E-state index in [9.17, 15) is 0 Å². The number of hydrogen-bond donors (Lipinski definition) is 1. The molecular weight excluding hydrogens is 202 g/mol. The van der Waals surface area contributed by atoms with Crippen molar-refractivity contribution in [3.8, 4) is 0 Å². The molecule has 2 heteroatoms. The van der Waals surface area contributed by atoms with Crippen LogP contribution in [0.2, 0.25) is 0 Å². The van der Waals surface area contributed by atoms with E-state index in [0.717, 1.165) is 6.54 Å². The van der Waals surface area contributed by atoms with Crippen LogP contribution in [-0.4, -0.2) is 12.6 Å². The first-order valence-electron chi connectivity index (χ1n) is 5.68. The molecule has 0 saturated heterocycles. The van der Waals surface area contributed by atoms with E-state index in [1.807, 2.05) is 11.3 Å². The zero-order valence-electron chi connectivity index (χ0n) is 10.5. The third-order valence-electron chi connectivity index (χ3n) is 3.06. The number of hydrogen-bond acceptors (Lipinski definition) is 2. The van der Waals surface area contributed by atoms with Crippen LogP contribution in [0.5, 0.6) is 0 Å². The molecule has 0 saturated carbocycles. The van der Waals surface area contributed by atoms with Crippen LogP contribution in [-0.2, 0) is 0 Å². The molecule has 0 radical (unpaired) electrons. The second kappa shape index (κ2) is 5.13. The lowest BCUT2D eigenvalue weighted by Crippen LogP contribution is -2.39. The topological polar surface area (TPSA) is 12.0 Å². The van der Waals surface area contributed by atoms with Gasteiger partial charge in [0.05, 0.1) is 0 Å². The molecule has 0 bridgehead atoms. The van der Waals surface area contributed by atoms with E-state index in [0.29, 0.717) is 17.4 Å². The van der Waals surface area contributed by atoms with Gasteiger partial charge in [0.2, 0.25) is 0 Å². The van der Waals surface area contributed by atoms with Crippen molar-refractivity contribution in [3.63, 3.8) is 0 Å². The van der Waals surface area contributed by atoms with Crippen LogP contribution in [0.4, 0.5) is 0 Å². The minimum absolute atomic E-state index is 0.342. The Labute approximate surface area is 97.9 Å². The van der Waals surface area contributed by atoms with E-state index >= 15 is 0 Å². The van der Waals surface area contributed by atoms with Gasteiger partial charge < -0.3 is 5.32 Å². The molecule has 0 spiro atoms. The monoisotopic (exact) mass is 225 g/mol.